The number of quaternary nitrogens is 1. The molecule has 2 aliphatic rings. The number of carboxylic acids is 2. The van der Waals surface area contributed by atoms with Gasteiger partial charge in [0.1, 0.15) is 23.8 Å². The molecular weight excluding hydrogens is 739 g/mol. The molecule has 314 valence electrons. The third-order valence-electron chi connectivity index (χ3n) is 8.77. The average molecular weight is 801 g/mol. The van der Waals surface area contributed by atoms with Crippen molar-refractivity contribution in [2.75, 3.05) is 19.0 Å². The molecule has 0 spiro atoms. The van der Waals surface area contributed by atoms with Crippen molar-refractivity contribution in [1.82, 2.24) is 0 Å². The summed E-state index contributed by atoms with van der Waals surface area (Å²) in [5.41, 5.74) is 6.13. The summed E-state index contributed by atoms with van der Waals surface area (Å²) >= 11 is 0. The number of nitrogens with zero attached hydrogens (tertiary/aromatic N) is 1. The average Bonchev–Trinajstić information content (AvgIpc) is 3.16. The number of carbonyl (C=O) groups is 5. The smallest absolute Gasteiger partial charge is 0.338 e. The Morgan fingerprint density at radius 2 is 1.67 bits per heavy atom. The molecular formula is C46H62N3O9+. The number of aldehydes is 1. The number of aliphatic carboxylic acids is 2. The van der Waals surface area contributed by atoms with Crippen LogP contribution >= 0.6 is 0 Å². The first-order valence-corrected chi connectivity index (χ1v) is 19.5. The van der Waals surface area contributed by atoms with E-state index in [0.717, 1.165) is 53.8 Å². The number of hydrogen-bond donors (Lipinski definition) is 4. The van der Waals surface area contributed by atoms with E-state index < -0.39 is 35.6 Å². The van der Waals surface area contributed by atoms with E-state index in [1.807, 2.05) is 80.0 Å². The summed E-state index contributed by atoms with van der Waals surface area (Å²) in [4.78, 5) is 54.5. The lowest BCUT2D eigenvalue weighted by Crippen LogP contribution is -2.73. The molecule has 1 saturated carbocycles. The first-order valence-electron chi connectivity index (χ1n) is 19.5. The fourth-order valence-corrected chi connectivity index (χ4v) is 5.71. The maximum absolute atomic E-state index is 12.3. The molecule has 0 radical (unpaired) electrons. The second-order valence-corrected chi connectivity index (χ2v) is 15.5. The highest BCUT2D eigenvalue weighted by Gasteiger charge is 2.55. The van der Waals surface area contributed by atoms with Crippen LogP contribution in [0, 0.1) is 47.3 Å². The molecule has 3 atom stereocenters. The number of esters is 1. The highest BCUT2D eigenvalue weighted by Crippen LogP contribution is 2.45. The molecule has 2 aromatic rings. The number of amides is 1. The molecule has 12 nitrogen and oxygen atoms in total. The minimum atomic E-state index is -1.10. The predicted molar refractivity (Wildman–Crippen MR) is 225 cm³/mol. The molecule has 5 N–H and O–H groups in total. The second-order valence-electron chi connectivity index (χ2n) is 15.5. The molecule has 1 fully saturated rings. The third kappa shape index (κ3) is 18.9. The summed E-state index contributed by atoms with van der Waals surface area (Å²) in [7, 11) is 1.96. The number of aryl methyl sites for hydroxylation is 1. The zero-order valence-electron chi connectivity index (χ0n) is 35.2. The van der Waals surface area contributed by atoms with E-state index in [-0.39, 0.29) is 12.1 Å². The molecule has 2 aliphatic carbocycles. The van der Waals surface area contributed by atoms with Gasteiger partial charge in [-0.3, -0.25) is 14.4 Å². The molecule has 0 aliphatic heterocycles. The second kappa shape index (κ2) is 26.2. The van der Waals surface area contributed by atoms with Crippen LogP contribution in [0.2, 0.25) is 0 Å². The number of nitriles is 1. The van der Waals surface area contributed by atoms with E-state index in [4.69, 9.17) is 24.9 Å². The number of hydrogen-bond acceptors (Lipinski definition) is 8. The highest BCUT2D eigenvalue weighted by atomic mass is 16.5. The van der Waals surface area contributed by atoms with Crippen LogP contribution in [0.4, 0.5) is 11.4 Å². The van der Waals surface area contributed by atoms with Crippen LogP contribution in [-0.2, 0) is 35.1 Å². The van der Waals surface area contributed by atoms with E-state index in [1.54, 1.807) is 12.1 Å². The fourth-order valence-electron chi connectivity index (χ4n) is 5.71. The van der Waals surface area contributed by atoms with Crippen molar-refractivity contribution < 1.29 is 49.0 Å². The summed E-state index contributed by atoms with van der Waals surface area (Å²) in [5, 5.41) is 29.9. The Morgan fingerprint density at radius 3 is 2.14 bits per heavy atom. The Morgan fingerprint density at radius 1 is 1.05 bits per heavy atom. The van der Waals surface area contributed by atoms with Gasteiger partial charge in [0.25, 0.3) is 0 Å². The van der Waals surface area contributed by atoms with E-state index in [2.05, 4.69) is 52.6 Å². The maximum atomic E-state index is 12.3. The number of ether oxygens (including phenoxy) is 2. The number of nitrogens with one attached hydrogen (secondary N) is 1. The van der Waals surface area contributed by atoms with Gasteiger partial charge in [-0.05, 0) is 60.6 Å². The largest absolute Gasteiger partial charge is 0.494 e. The molecule has 58 heavy (non-hydrogen) atoms. The van der Waals surface area contributed by atoms with Gasteiger partial charge in [0.15, 0.2) is 0 Å². The van der Waals surface area contributed by atoms with Gasteiger partial charge < -0.3 is 35.1 Å². The normalized spacial score (nSPS) is 19.0. The minimum absolute atomic E-state index is 0.275. The highest BCUT2D eigenvalue weighted by molar-refractivity contribution is 5.89. The summed E-state index contributed by atoms with van der Waals surface area (Å²) in [6.45, 7) is 18.8. The van der Waals surface area contributed by atoms with Gasteiger partial charge >= 0.3 is 17.9 Å². The van der Waals surface area contributed by atoms with E-state index in [1.165, 1.54) is 6.92 Å². The van der Waals surface area contributed by atoms with Crippen molar-refractivity contribution >= 4 is 42.0 Å². The molecule has 4 rings (SSSR count). The zero-order chi connectivity index (χ0) is 43.8. The molecule has 0 aromatic heterocycles. The third-order valence-corrected chi connectivity index (χ3v) is 8.77. The lowest BCUT2D eigenvalue weighted by molar-refractivity contribution is -0.540. The zero-order valence-corrected chi connectivity index (χ0v) is 35.2. The first kappa shape index (κ1) is 50.2. The van der Waals surface area contributed by atoms with E-state index >= 15 is 0 Å². The topological polar surface area (TPSA) is 197 Å². The number of unbranched alkanes of at least 4 members (excludes halogenated alkanes) is 2. The number of benzene rings is 2. The molecule has 2 aromatic carbocycles. The molecule has 3 unspecified atom stereocenters. The van der Waals surface area contributed by atoms with Crippen molar-refractivity contribution in [2.45, 2.75) is 86.7 Å². The van der Waals surface area contributed by atoms with Crippen molar-refractivity contribution in [3.63, 3.8) is 0 Å². The van der Waals surface area contributed by atoms with Gasteiger partial charge in [-0.1, -0.05) is 96.5 Å². The Hall–Kier alpha value is -5.80. The number of allylic oxidation sites excluding steroid dienone is 4. The molecule has 12 heteroatoms. The predicted octanol–water partition coefficient (Wildman–Crippen LogP) is 7.73. The lowest BCUT2D eigenvalue weighted by Gasteiger charge is -2.42. The standard InChI is InChI=1S/C28H30N2O4.C8H10O5.C5H9N.C5H12/c1-20-4-10-24(11-5-20)28(32)34-26-14-8-22(9-15-26)7-6-21(2)33-17-16-23-12-13-25(30-19-31)18-27(23)29-3;1-3-5(7(10)11)4(2-9)6(3)8(12)13;1-2-3-4-5-6;1-5(2,3)4/h4-14,18-19,26,29H,2,15-17H2,1,3H3,(H,30,31);2-6H,1H3,(H,10,11)(H,12,13);2-4H2,1H3;1-4H3/p+1/b7-6+;;;. The summed E-state index contributed by atoms with van der Waals surface area (Å²) < 4.78 is 11.3. The van der Waals surface area contributed by atoms with Crippen LogP contribution in [0.1, 0.15) is 88.7 Å². The Balaban J connectivity index is 0.000000569. The Labute approximate surface area is 343 Å². The lowest BCUT2D eigenvalue weighted by atomic mass is 9.58. The quantitative estimate of drug-likeness (QED) is 0.0326. The van der Waals surface area contributed by atoms with Gasteiger partial charge in [-0.25, -0.2) is 4.79 Å². The first-order chi connectivity index (χ1) is 27.4. The maximum Gasteiger partial charge on any atom is 0.338 e. The number of carboxylic acid groups (broad SMARTS) is 2. The summed E-state index contributed by atoms with van der Waals surface area (Å²) in [6, 6.07) is 15.2. The van der Waals surface area contributed by atoms with Crippen LogP contribution in [0.5, 0.6) is 0 Å². The van der Waals surface area contributed by atoms with Crippen molar-refractivity contribution in [1.29, 1.82) is 5.26 Å². The summed E-state index contributed by atoms with van der Waals surface area (Å²) in [5.74, 6) is -4.94. The van der Waals surface area contributed by atoms with Gasteiger partial charge in [-0.2, -0.15) is 5.26 Å². The van der Waals surface area contributed by atoms with Gasteiger partial charge in [-0.15, -0.1) is 0 Å². The van der Waals surface area contributed by atoms with Crippen molar-refractivity contribution in [2.24, 2.45) is 29.1 Å². The summed E-state index contributed by atoms with van der Waals surface area (Å²) in [6.07, 6.45) is 14.7. The number of anilines is 1. The number of rotatable bonds is 16. The SMILES string of the molecule is C=C(/C=C/C1=CCC(OC(=O)c2ccc(C)cc2)C=C1)OCCc1ccc(NC=O)cc1[NH2+]C.CC(C)(C)C.CC1C(C(=O)O)C(C=O)C1C(=O)O.CCCCC#N. The van der Waals surface area contributed by atoms with Gasteiger partial charge in [0.2, 0.25) is 6.41 Å². The van der Waals surface area contributed by atoms with E-state index in [0.29, 0.717) is 42.5 Å². The van der Waals surface area contributed by atoms with Gasteiger partial charge in [0.05, 0.1) is 37.1 Å². The molecule has 0 heterocycles. The Kier molecular flexibility index (Phi) is 22.7. The number of nitrogens with two attached hydrogens (primary N) is 1. The molecule has 1 amide bonds. The van der Waals surface area contributed by atoms with E-state index in [9.17, 15) is 24.0 Å². The molecule has 0 bridgehead atoms. The van der Waals surface area contributed by atoms with Crippen LogP contribution in [0.15, 0.2) is 90.8 Å². The minimum Gasteiger partial charge on any atom is -0.494 e. The van der Waals surface area contributed by atoms with Crippen LogP contribution in [0.25, 0.3) is 0 Å². The van der Waals surface area contributed by atoms with Crippen LogP contribution < -0.4 is 10.6 Å². The van der Waals surface area contributed by atoms with Crippen LogP contribution in [0.3, 0.4) is 0 Å². The fraction of sp³-hybridized carbons (Fsp3) is 0.435. The van der Waals surface area contributed by atoms with Gasteiger partial charge in [0, 0.05) is 42.5 Å². The monoisotopic (exact) mass is 800 g/mol. The van der Waals surface area contributed by atoms with Crippen molar-refractivity contribution in [3.05, 3.63) is 107 Å². The van der Waals surface area contributed by atoms with Crippen LogP contribution in [-0.4, -0.2) is 60.6 Å². The number of carbonyl (C=O) groups excluding carboxylic acids is 3. The Bertz CT molecular complexity index is 1770. The molecule has 0 saturated heterocycles. The van der Waals surface area contributed by atoms with Crippen molar-refractivity contribution in [3.8, 4) is 6.07 Å².